The Labute approximate surface area is 160 Å². The topological polar surface area (TPSA) is 76.4 Å². The van der Waals surface area contributed by atoms with Crippen LogP contribution in [0.15, 0.2) is 29.3 Å². The van der Waals surface area contributed by atoms with Crippen molar-refractivity contribution in [2.75, 3.05) is 13.1 Å². The highest BCUT2D eigenvalue weighted by Crippen LogP contribution is 2.13. The van der Waals surface area contributed by atoms with Crippen molar-refractivity contribution in [2.45, 2.75) is 46.3 Å². The Balaban J connectivity index is 1.92. The number of benzene rings is 1. The maximum atomic E-state index is 13.3. The van der Waals surface area contributed by atoms with Crippen LogP contribution in [0.25, 0.3) is 0 Å². The molecule has 0 amide bonds. The van der Waals surface area contributed by atoms with Gasteiger partial charge in [0.2, 0.25) is 0 Å². The number of nitrogens with zero attached hydrogens (tertiary/aromatic N) is 4. The Morgan fingerprint density at radius 3 is 2.81 bits per heavy atom. The molecule has 1 aromatic heterocycles. The van der Waals surface area contributed by atoms with Gasteiger partial charge < -0.3 is 19.9 Å². The summed E-state index contributed by atoms with van der Waals surface area (Å²) in [5, 5.41) is 14.8. The van der Waals surface area contributed by atoms with Gasteiger partial charge in [-0.15, -0.1) is 10.2 Å². The van der Waals surface area contributed by atoms with E-state index in [0.717, 1.165) is 31.0 Å². The van der Waals surface area contributed by atoms with Crippen molar-refractivity contribution in [3.05, 3.63) is 41.7 Å². The van der Waals surface area contributed by atoms with Crippen LogP contribution in [0.4, 0.5) is 4.39 Å². The Morgan fingerprint density at radius 1 is 1.33 bits per heavy atom. The number of halogens is 1. The maximum absolute atomic E-state index is 13.3. The number of nitrogens with one attached hydrogen (secondary N) is 2. The second-order valence-corrected chi connectivity index (χ2v) is 6.43. The minimum atomic E-state index is -0.310. The lowest BCUT2D eigenvalue weighted by Crippen LogP contribution is -2.42. The quantitative estimate of drug-likeness (QED) is 0.400. The van der Waals surface area contributed by atoms with E-state index in [0.29, 0.717) is 24.8 Å². The van der Waals surface area contributed by atoms with Crippen molar-refractivity contribution >= 4 is 5.96 Å². The highest BCUT2D eigenvalue weighted by atomic mass is 19.1. The van der Waals surface area contributed by atoms with Gasteiger partial charge in [0.15, 0.2) is 11.8 Å². The molecule has 27 heavy (non-hydrogen) atoms. The van der Waals surface area contributed by atoms with Gasteiger partial charge in [0.25, 0.3) is 0 Å². The van der Waals surface area contributed by atoms with E-state index in [2.05, 4.69) is 32.7 Å². The molecule has 0 bridgehead atoms. The van der Waals surface area contributed by atoms with E-state index >= 15 is 0 Å². The number of ether oxygens (including phenoxy) is 1. The van der Waals surface area contributed by atoms with E-state index in [-0.39, 0.29) is 11.9 Å². The van der Waals surface area contributed by atoms with Crippen LogP contribution in [-0.4, -0.2) is 39.9 Å². The van der Waals surface area contributed by atoms with Crippen LogP contribution < -0.4 is 15.4 Å². The predicted molar refractivity (Wildman–Crippen MR) is 104 cm³/mol. The normalized spacial score (nSPS) is 12.7. The summed E-state index contributed by atoms with van der Waals surface area (Å²) in [6.07, 6.45) is 2.00. The summed E-state index contributed by atoms with van der Waals surface area (Å²) in [6.45, 7) is 7.77. The second-order valence-electron chi connectivity index (χ2n) is 6.43. The summed E-state index contributed by atoms with van der Waals surface area (Å²) in [5.74, 6) is 2.55. The minimum Gasteiger partial charge on any atom is -0.489 e. The molecule has 0 fully saturated rings. The average molecular weight is 376 g/mol. The monoisotopic (exact) mass is 376 g/mol. The Kier molecular flexibility index (Phi) is 8.03. The molecular formula is C19H29FN6O. The van der Waals surface area contributed by atoms with Crippen molar-refractivity contribution in [1.29, 1.82) is 0 Å². The Morgan fingerprint density at radius 2 is 2.15 bits per heavy atom. The van der Waals surface area contributed by atoms with E-state index in [1.165, 1.54) is 12.1 Å². The van der Waals surface area contributed by atoms with Crippen molar-refractivity contribution in [1.82, 2.24) is 25.4 Å². The minimum absolute atomic E-state index is 0.151. The lowest BCUT2D eigenvalue weighted by molar-refractivity contribution is 0.223. The van der Waals surface area contributed by atoms with Crippen LogP contribution in [0.5, 0.6) is 5.75 Å². The third-order valence-corrected chi connectivity index (χ3v) is 4.07. The third kappa shape index (κ3) is 6.88. The molecule has 1 unspecified atom stereocenters. The molecule has 0 aliphatic heterocycles. The number of guanidine groups is 1. The Bertz CT molecular complexity index is 746. The molecule has 1 aromatic carbocycles. The van der Waals surface area contributed by atoms with E-state index < -0.39 is 0 Å². The molecule has 1 heterocycles. The van der Waals surface area contributed by atoms with Gasteiger partial charge in [-0.05, 0) is 32.4 Å². The van der Waals surface area contributed by atoms with Gasteiger partial charge in [-0.2, -0.15) is 0 Å². The third-order valence-electron chi connectivity index (χ3n) is 4.07. The smallest absolute Gasteiger partial charge is 0.191 e. The van der Waals surface area contributed by atoms with Gasteiger partial charge in [0, 0.05) is 19.7 Å². The number of aromatic nitrogens is 3. The number of hydrogen-bond acceptors (Lipinski definition) is 4. The average Bonchev–Trinajstić information content (AvgIpc) is 2.95. The van der Waals surface area contributed by atoms with Crippen LogP contribution >= 0.6 is 0 Å². The first-order valence-corrected chi connectivity index (χ1v) is 9.29. The fourth-order valence-electron chi connectivity index (χ4n) is 2.35. The maximum Gasteiger partial charge on any atom is 0.191 e. The van der Waals surface area contributed by atoms with Gasteiger partial charge >= 0.3 is 0 Å². The van der Waals surface area contributed by atoms with Crippen LogP contribution in [0, 0.1) is 12.7 Å². The molecular weight excluding hydrogens is 347 g/mol. The van der Waals surface area contributed by atoms with Crippen molar-refractivity contribution in [2.24, 2.45) is 12.0 Å². The molecule has 1 atom stereocenters. The molecule has 0 saturated heterocycles. The van der Waals surface area contributed by atoms with E-state index in [4.69, 9.17) is 4.74 Å². The summed E-state index contributed by atoms with van der Waals surface area (Å²) < 4.78 is 20.9. The molecule has 0 saturated carbocycles. The standard InChI is InChI=1S/C19H29FN6O/c1-5-6-10-21-19(23-13-18-25-24-15(3)26(18)4)22-12-14(2)27-17-9-7-8-16(20)11-17/h7-9,11,14H,5-6,10,12-13H2,1-4H3,(H2,21,22,23). The highest BCUT2D eigenvalue weighted by molar-refractivity contribution is 5.79. The zero-order chi connectivity index (χ0) is 19.6. The number of aryl methyl sites for hydroxylation is 1. The first kappa shape index (κ1) is 20.7. The highest BCUT2D eigenvalue weighted by Gasteiger charge is 2.08. The molecule has 7 nitrogen and oxygen atoms in total. The van der Waals surface area contributed by atoms with Gasteiger partial charge in [-0.3, -0.25) is 0 Å². The summed E-state index contributed by atoms with van der Waals surface area (Å²) in [4.78, 5) is 4.59. The first-order valence-electron chi connectivity index (χ1n) is 9.29. The predicted octanol–water partition coefficient (Wildman–Crippen LogP) is 2.57. The van der Waals surface area contributed by atoms with Crippen LogP contribution in [-0.2, 0) is 13.6 Å². The summed E-state index contributed by atoms with van der Waals surface area (Å²) in [5.41, 5.74) is 0. The fourth-order valence-corrected chi connectivity index (χ4v) is 2.35. The van der Waals surface area contributed by atoms with E-state index in [1.54, 1.807) is 12.1 Å². The van der Waals surface area contributed by atoms with Crippen molar-refractivity contribution in [3.8, 4) is 5.75 Å². The van der Waals surface area contributed by atoms with Gasteiger partial charge in [-0.25, -0.2) is 9.38 Å². The first-order chi connectivity index (χ1) is 13.0. The van der Waals surface area contributed by atoms with Gasteiger partial charge in [-0.1, -0.05) is 19.4 Å². The molecule has 2 rings (SSSR count). The van der Waals surface area contributed by atoms with Crippen LogP contribution in [0.3, 0.4) is 0 Å². The van der Waals surface area contributed by atoms with E-state index in [9.17, 15) is 4.39 Å². The SMILES string of the molecule is CCCCNC(=NCc1nnc(C)n1C)NCC(C)Oc1cccc(F)c1. The van der Waals surface area contributed by atoms with Gasteiger partial charge in [0.1, 0.15) is 30.0 Å². The fraction of sp³-hybridized carbons (Fsp3) is 0.526. The molecule has 0 radical (unpaired) electrons. The van der Waals surface area contributed by atoms with Crippen LogP contribution in [0.2, 0.25) is 0 Å². The molecule has 0 aliphatic rings. The number of aliphatic imine (C=N–C) groups is 1. The number of rotatable bonds is 9. The molecule has 148 valence electrons. The summed E-state index contributed by atoms with van der Waals surface area (Å²) >= 11 is 0. The van der Waals surface area contributed by atoms with Crippen molar-refractivity contribution < 1.29 is 9.13 Å². The summed E-state index contributed by atoms with van der Waals surface area (Å²) in [7, 11) is 1.92. The molecule has 0 spiro atoms. The Hall–Kier alpha value is -2.64. The van der Waals surface area contributed by atoms with Gasteiger partial charge in [0.05, 0.1) is 6.54 Å². The zero-order valence-electron chi connectivity index (χ0n) is 16.5. The van der Waals surface area contributed by atoms with Crippen LogP contribution in [0.1, 0.15) is 38.3 Å². The molecule has 8 heteroatoms. The second kappa shape index (κ2) is 10.5. The summed E-state index contributed by atoms with van der Waals surface area (Å²) in [6, 6.07) is 6.14. The zero-order valence-corrected chi connectivity index (χ0v) is 16.5. The molecule has 2 aromatic rings. The lowest BCUT2D eigenvalue weighted by Gasteiger charge is -2.18. The number of unbranched alkanes of at least 4 members (excludes halogenated alkanes) is 1. The lowest BCUT2D eigenvalue weighted by atomic mass is 10.3. The molecule has 0 aliphatic carbocycles. The van der Waals surface area contributed by atoms with Crippen molar-refractivity contribution in [3.63, 3.8) is 0 Å². The van der Waals surface area contributed by atoms with E-state index in [1.807, 2.05) is 25.5 Å². The number of hydrogen-bond donors (Lipinski definition) is 2. The molecule has 2 N–H and O–H groups in total. The largest absolute Gasteiger partial charge is 0.489 e.